The van der Waals surface area contributed by atoms with Crippen LogP contribution in [0.2, 0.25) is 0 Å². The number of rotatable bonds is 3. The lowest BCUT2D eigenvalue weighted by Gasteiger charge is -2.62. The number of Topliss-reactive ketones (excluding diaryl/α,β-unsaturated/α-hetero) is 1. The van der Waals surface area contributed by atoms with Gasteiger partial charge in [0.05, 0.1) is 18.3 Å². The molecule has 2 N–H and O–H groups in total. The Labute approximate surface area is 157 Å². The Morgan fingerprint density at radius 3 is 2.58 bits per heavy atom. The van der Waals surface area contributed by atoms with E-state index in [0.29, 0.717) is 43.0 Å². The molecule has 9 atom stereocenters. The van der Waals surface area contributed by atoms with E-state index in [-0.39, 0.29) is 29.0 Å². The van der Waals surface area contributed by atoms with Gasteiger partial charge in [-0.3, -0.25) is 4.79 Å². The van der Waals surface area contributed by atoms with Gasteiger partial charge < -0.3 is 14.9 Å². The molecule has 148 valence electrons. The van der Waals surface area contributed by atoms with E-state index < -0.39 is 6.10 Å². The monoisotopic (exact) mass is 364 g/mol. The second-order valence-corrected chi connectivity index (χ2v) is 10.1. The molecule has 0 bridgehead atoms. The van der Waals surface area contributed by atoms with E-state index in [1.165, 1.54) is 0 Å². The maximum Gasteiger partial charge on any atom is 0.139 e. The molecule has 0 unspecified atom stereocenters. The third kappa shape index (κ3) is 2.55. The van der Waals surface area contributed by atoms with Crippen LogP contribution in [-0.4, -0.2) is 40.9 Å². The summed E-state index contributed by atoms with van der Waals surface area (Å²) in [6.07, 6.45) is 6.24. The van der Waals surface area contributed by atoms with Crippen molar-refractivity contribution < 1.29 is 19.7 Å². The van der Waals surface area contributed by atoms with Crippen LogP contribution in [0, 0.1) is 34.5 Å². The third-order valence-electron chi connectivity index (χ3n) is 8.85. The lowest BCUT2D eigenvalue weighted by atomic mass is 9.44. The quantitative estimate of drug-likeness (QED) is 0.806. The van der Waals surface area contributed by atoms with Gasteiger partial charge >= 0.3 is 0 Å². The molecule has 0 heterocycles. The SMILES string of the molecule is CCCO[C@H]1[C@H](O)CC[C@]2(C)[C@@H]3[C@@H](CC[C@@H]12)[C@@H]1CCC(=O)[C@@]1(C)C[C@@H]3O. The molecule has 4 saturated carbocycles. The first-order chi connectivity index (χ1) is 12.3. The number of ether oxygens (including phenoxy) is 1. The van der Waals surface area contributed by atoms with Crippen LogP contribution in [0.4, 0.5) is 0 Å². The summed E-state index contributed by atoms with van der Waals surface area (Å²) in [7, 11) is 0. The molecule has 0 amide bonds. The van der Waals surface area contributed by atoms with E-state index in [9.17, 15) is 15.0 Å². The largest absolute Gasteiger partial charge is 0.393 e. The van der Waals surface area contributed by atoms with Crippen LogP contribution in [0.3, 0.4) is 0 Å². The van der Waals surface area contributed by atoms with Gasteiger partial charge in [-0.05, 0) is 74.0 Å². The number of fused-ring (bicyclic) bond motifs is 5. The Hall–Kier alpha value is -0.450. The summed E-state index contributed by atoms with van der Waals surface area (Å²) in [5.74, 6) is 1.80. The van der Waals surface area contributed by atoms with Crippen molar-refractivity contribution in [2.24, 2.45) is 34.5 Å². The average Bonchev–Trinajstić information content (AvgIpc) is 2.89. The third-order valence-corrected chi connectivity index (χ3v) is 8.85. The zero-order chi connectivity index (χ0) is 18.7. The highest BCUT2D eigenvalue weighted by atomic mass is 16.5. The molecule has 26 heavy (non-hydrogen) atoms. The molecule has 4 aliphatic rings. The van der Waals surface area contributed by atoms with Gasteiger partial charge in [0.15, 0.2) is 0 Å². The summed E-state index contributed by atoms with van der Waals surface area (Å²) < 4.78 is 6.13. The van der Waals surface area contributed by atoms with Crippen molar-refractivity contribution in [1.29, 1.82) is 0 Å². The van der Waals surface area contributed by atoms with Gasteiger partial charge in [0.2, 0.25) is 0 Å². The average molecular weight is 365 g/mol. The van der Waals surface area contributed by atoms with Crippen LogP contribution in [0.15, 0.2) is 0 Å². The second kappa shape index (κ2) is 6.56. The molecule has 4 aliphatic carbocycles. The number of aliphatic hydroxyl groups excluding tert-OH is 2. The van der Waals surface area contributed by atoms with Crippen molar-refractivity contribution in [1.82, 2.24) is 0 Å². The van der Waals surface area contributed by atoms with E-state index in [1.807, 2.05) is 0 Å². The molecule has 0 saturated heterocycles. The zero-order valence-electron chi connectivity index (χ0n) is 16.6. The van der Waals surface area contributed by atoms with Gasteiger partial charge in [-0.2, -0.15) is 0 Å². The molecule has 0 aromatic rings. The van der Waals surface area contributed by atoms with Crippen molar-refractivity contribution in [2.75, 3.05) is 6.61 Å². The lowest BCUT2D eigenvalue weighted by molar-refractivity contribution is -0.212. The fraction of sp³-hybridized carbons (Fsp3) is 0.955. The standard InChI is InChI=1S/C22H36O4/c1-4-11-26-20-15-6-5-13-14-7-8-18(25)22(14,3)12-17(24)19(13)21(15,2)10-9-16(20)23/h13-17,19-20,23-24H,4-12H2,1-3H3/t13-,14-,15-,16+,17-,19+,20+,21-,22-/m0/s1. The first-order valence-electron chi connectivity index (χ1n) is 10.8. The van der Waals surface area contributed by atoms with E-state index in [0.717, 1.165) is 38.5 Å². The maximum atomic E-state index is 12.6. The molecule has 0 aromatic carbocycles. The minimum absolute atomic E-state index is 0.00688. The Morgan fingerprint density at radius 2 is 1.85 bits per heavy atom. The van der Waals surface area contributed by atoms with Crippen LogP contribution >= 0.6 is 0 Å². The highest BCUT2D eigenvalue weighted by Crippen LogP contribution is 2.65. The maximum absolute atomic E-state index is 12.6. The minimum Gasteiger partial charge on any atom is -0.393 e. The Balaban J connectivity index is 1.65. The fourth-order valence-corrected chi connectivity index (χ4v) is 7.67. The molecular weight excluding hydrogens is 328 g/mol. The van der Waals surface area contributed by atoms with Crippen molar-refractivity contribution in [3.05, 3.63) is 0 Å². The topological polar surface area (TPSA) is 66.8 Å². The predicted octanol–water partition coefficient (Wildman–Crippen LogP) is 3.34. The van der Waals surface area contributed by atoms with E-state index in [1.54, 1.807) is 0 Å². The summed E-state index contributed by atoms with van der Waals surface area (Å²) in [6, 6.07) is 0. The highest BCUT2D eigenvalue weighted by molar-refractivity contribution is 5.87. The summed E-state index contributed by atoms with van der Waals surface area (Å²) in [6.45, 7) is 7.25. The summed E-state index contributed by atoms with van der Waals surface area (Å²) in [4.78, 5) is 12.6. The first-order valence-corrected chi connectivity index (χ1v) is 10.8. The van der Waals surface area contributed by atoms with Crippen molar-refractivity contribution in [2.45, 2.75) is 90.4 Å². The summed E-state index contributed by atoms with van der Waals surface area (Å²) in [5.41, 5.74) is -0.303. The van der Waals surface area contributed by atoms with Crippen LogP contribution in [0.5, 0.6) is 0 Å². The number of ketones is 1. The summed E-state index contributed by atoms with van der Waals surface area (Å²) >= 11 is 0. The van der Waals surface area contributed by atoms with Crippen molar-refractivity contribution >= 4 is 5.78 Å². The first kappa shape index (κ1) is 18.9. The number of carbonyl (C=O) groups excluding carboxylic acids is 1. The van der Waals surface area contributed by atoms with E-state index in [2.05, 4.69) is 20.8 Å². The zero-order valence-corrected chi connectivity index (χ0v) is 16.6. The molecular formula is C22H36O4. The molecule has 4 rings (SSSR count). The van der Waals surface area contributed by atoms with Crippen molar-refractivity contribution in [3.63, 3.8) is 0 Å². The van der Waals surface area contributed by atoms with Gasteiger partial charge in [0.1, 0.15) is 5.78 Å². The Bertz CT molecular complexity index is 562. The highest BCUT2D eigenvalue weighted by Gasteiger charge is 2.64. The molecule has 0 spiro atoms. The van der Waals surface area contributed by atoms with E-state index in [4.69, 9.17) is 4.74 Å². The Morgan fingerprint density at radius 1 is 1.08 bits per heavy atom. The predicted molar refractivity (Wildman–Crippen MR) is 99.5 cm³/mol. The molecule has 4 fully saturated rings. The number of hydrogen-bond donors (Lipinski definition) is 2. The van der Waals surface area contributed by atoms with Gasteiger partial charge in [0, 0.05) is 18.4 Å². The minimum atomic E-state index is -0.404. The van der Waals surface area contributed by atoms with Crippen LogP contribution < -0.4 is 0 Å². The Kier molecular flexibility index (Phi) is 4.77. The van der Waals surface area contributed by atoms with Gasteiger partial charge in [-0.15, -0.1) is 0 Å². The molecule has 4 heteroatoms. The van der Waals surface area contributed by atoms with Crippen molar-refractivity contribution in [3.8, 4) is 0 Å². The molecule has 0 aromatic heterocycles. The van der Waals surface area contributed by atoms with E-state index >= 15 is 0 Å². The normalized spacial score (nSPS) is 53.7. The van der Waals surface area contributed by atoms with Crippen LogP contribution in [-0.2, 0) is 9.53 Å². The lowest BCUT2D eigenvalue weighted by Crippen LogP contribution is -2.62. The molecule has 4 nitrogen and oxygen atoms in total. The van der Waals surface area contributed by atoms with Crippen LogP contribution in [0.25, 0.3) is 0 Å². The van der Waals surface area contributed by atoms with Gasteiger partial charge in [-0.25, -0.2) is 0 Å². The number of aliphatic hydroxyl groups is 2. The second-order valence-electron chi connectivity index (χ2n) is 10.1. The molecule has 0 aliphatic heterocycles. The number of hydrogen-bond acceptors (Lipinski definition) is 4. The van der Waals surface area contributed by atoms with Crippen LogP contribution in [0.1, 0.15) is 72.1 Å². The smallest absolute Gasteiger partial charge is 0.139 e. The molecule has 0 radical (unpaired) electrons. The summed E-state index contributed by atoms with van der Waals surface area (Å²) in [5, 5.41) is 21.8. The number of carbonyl (C=O) groups is 1. The van der Waals surface area contributed by atoms with Gasteiger partial charge in [-0.1, -0.05) is 20.8 Å². The fourth-order valence-electron chi connectivity index (χ4n) is 7.67. The van der Waals surface area contributed by atoms with Gasteiger partial charge in [0.25, 0.3) is 0 Å².